The second-order valence-corrected chi connectivity index (χ2v) is 7.54. The van der Waals surface area contributed by atoms with E-state index in [4.69, 9.17) is 0 Å². The van der Waals surface area contributed by atoms with Gasteiger partial charge < -0.3 is 10.2 Å². The van der Waals surface area contributed by atoms with Crippen LogP contribution in [0.3, 0.4) is 0 Å². The summed E-state index contributed by atoms with van der Waals surface area (Å²) < 4.78 is 1.69. The van der Waals surface area contributed by atoms with Crippen LogP contribution in [0.1, 0.15) is 40.5 Å². The molecule has 1 aliphatic heterocycles. The summed E-state index contributed by atoms with van der Waals surface area (Å²) in [5.41, 5.74) is 2.57. The number of carbonyl (C=O) groups excluding carboxylic acids is 2. The molecule has 0 unspecified atom stereocenters. The molecule has 7 heteroatoms. The molecule has 30 heavy (non-hydrogen) atoms. The fourth-order valence-electron chi connectivity index (χ4n) is 3.50. The number of aromatic nitrogens is 3. The molecule has 3 aromatic rings. The van der Waals surface area contributed by atoms with Crippen LogP contribution in [0.5, 0.6) is 0 Å². The summed E-state index contributed by atoms with van der Waals surface area (Å²) in [6, 6.07) is 20.0. The van der Waals surface area contributed by atoms with Crippen LogP contribution in [-0.4, -0.2) is 44.8 Å². The van der Waals surface area contributed by atoms with Gasteiger partial charge in [0, 0.05) is 26.1 Å². The minimum absolute atomic E-state index is 0.0752. The van der Waals surface area contributed by atoms with Crippen LogP contribution in [0.4, 0.5) is 0 Å². The Hall–Kier alpha value is -3.48. The van der Waals surface area contributed by atoms with E-state index in [1.807, 2.05) is 53.4 Å². The molecule has 2 amide bonds. The molecule has 0 saturated carbocycles. The van der Waals surface area contributed by atoms with Gasteiger partial charge in [-0.15, -0.1) is 5.10 Å². The summed E-state index contributed by atoms with van der Waals surface area (Å²) in [6.07, 6.45) is 3.96. The van der Waals surface area contributed by atoms with Crippen LogP contribution in [0.2, 0.25) is 0 Å². The van der Waals surface area contributed by atoms with Gasteiger partial charge in [0.15, 0.2) is 5.69 Å². The second kappa shape index (κ2) is 9.35. The molecule has 1 aromatic heterocycles. The first-order valence-electron chi connectivity index (χ1n) is 10.2. The standard InChI is InChI=1S/C23H25N5O2/c29-22(13-7-12-18-8-3-1-4-9-18)27-15-20(16-27)28-17-21(25-26-28)23(30)24-14-19-10-5-2-6-11-19/h1-6,8-11,17,20H,7,12-16H2,(H,24,30). The van der Waals surface area contributed by atoms with Crippen molar-refractivity contribution in [3.63, 3.8) is 0 Å². The van der Waals surface area contributed by atoms with E-state index in [1.165, 1.54) is 5.56 Å². The molecule has 2 heterocycles. The van der Waals surface area contributed by atoms with Gasteiger partial charge in [-0.05, 0) is 24.0 Å². The number of likely N-dealkylation sites (tertiary alicyclic amines) is 1. The lowest BCUT2D eigenvalue weighted by Gasteiger charge is -2.39. The highest BCUT2D eigenvalue weighted by Crippen LogP contribution is 2.21. The topological polar surface area (TPSA) is 80.1 Å². The summed E-state index contributed by atoms with van der Waals surface area (Å²) in [6.45, 7) is 1.67. The van der Waals surface area contributed by atoms with Crippen molar-refractivity contribution in [2.45, 2.75) is 31.8 Å². The molecule has 1 saturated heterocycles. The molecular formula is C23H25N5O2. The summed E-state index contributed by atoms with van der Waals surface area (Å²) >= 11 is 0. The molecule has 0 bridgehead atoms. The van der Waals surface area contributed by atoms with Gasteiger partial charge in [0.2, 0.25) is 5.91 Å². The number of carbonyl (C=O) groups is 2. The molecule has 0 aliphatic carbocycles. The van der Waals surface area contributed by atoms with Crippen molar-refractivity contribution in [3.8, 4) is 0 Å². The Kier molecular flexibility index (Phi) is 6.17. The molecule has 0 atom stereocenters. The summed E-state index contributed by atoms with van der Waals surface area (Å²) in [4.78, 5) is 26.5. The van der Waals surface area contributed by atoms with Crippen LogP contribution in [0.15, 0.2) is 66.9 Å². The third-order valence-electron chi connectivity index (χ3n) is 5.33. The number of aryl methyl sites for hydroxylation is 1. The number of benzene rings is 2. The van der Waals surface area contributed by atoms with Crippen molar-refractivity contribution in [2.24, 2.45) is 0 Å². The average molecular weight is 403 g/mol. The van der Waals surface area contributed by atoms with Crippen LogP contribution in [0.25, 0.3) is 0 Å². The number of amides is 2. The Morgan fingerprint density at radius 3 is 2.33 bits per heavy atom. The maximum atomic E-state index is 12.3. The van der Waals surface area contributed by atoms with E-state index in [0.29, 0.717) is 31.7 Å². The quantitative estimate of drug-likeness (QED) is 0.627. The highest BCUT2D eigenvalue weighted by atomic mass is 16.2. The molecule has 154 valence electrons. The SMILES string of the molecule is O=C(NCc1ccccc1)c1cn(C2CN(C(=O)CCCc3ccccc3)C2)nn1. The number of nitrogens with zero attached hydrogens (tertiary/aromatic N) is 4. The Morgan fingerprint density at radius 1 is 0.967 bits per heavy atom. The summed E-state index contributed by atoms with van der Waals surface area (Å²) in [5.74, 6) is -0.0820. The van der Waals surface area contributed by atoms with E-state index >= 15 is 0 Å². The van der Waals surface area contributed by atoms with E-state index in [0.717, 1.165) is 18.4 Å². The Bertz CT molecular complexity index is 981. The minimum atomic E-state index is -0.252. The molecule has 4 rings (SSSR count). The maximum absolute atomic E-state index is 12.3. The number of rotatable bonds is 8. The van der Waals surface area contributed by atoms with Crippen LogP contribution in [0, 0.1) is 0 Å². The minimum Gasteiger partial charge on any atom is -0.347 e. The Morgan fingerprint density at radius 2 is 1.63 bits per heavy atom. The first-order chi connectivity index (χ1) is 14.7. The van der Waals surface area contributed by atoms with Gasteiger partial charge in [-0.2, -0.15) is 0 Å². The van der Waals surface area contributed by atoms with Crippen molar-refractivity contribution in [3.05, 3.63) is 83.7 Å². The number of hydrogen-bond acceptors (Lipinski definition) is 4. The molecule has 1 N–H and O–H groups in total. The number of nitrogens with one attached hydrogen (secondary N) is 1. The molecular weight excluding hydrogens is 378 g/mol. The predicted molar refractivity (Wildman–Crippen MR) is 113 cm³/mol. The van der Waals surface area contributed by atoms with Gasteiger partial charge in [0.25, 0.3) is 5.91 Å². The van der Waals surface area contributed by atoms with Gasteiger partial charge in [-0.1, -0.05) is 65.9 Å². The first kappa shape index (κ1) is 19.8. The maximum Gasteiger partial charge on any atom is 0.273 e. The van der Waals surface area contributed by atoms with E-state index < -0.39 is 0 Å². The second-order valence-electron chi connectivity index (χ2n) is 7.54. The lowest BCUT2D eigenvalue weighted by atomic mass is 10.1. The number of hydrogen-bond donors (Lipinski definition) is 1. The molecule has 0 spiro atoms. The fourth-order valence-corrected chi connectivity index (χ4v) is 3.50. The lowest BCUT2D eigenvalue weighted by molar-refractivity contribution is -0.137. The molecule has 2 aromatic carbocycles. The van der Waals surface area contributed by atoms with Gasteiger partial charge >= 0.3 is 0 Å². The molecule has 0 radical (unpaired) electrons. The predicted octanol–water partition coefficient (Wildman–Crippen LogP) is 2.61. The van der Waals surface area contributed by atoms with E-state index in [1.54, 1.807) is 10.9 Å². The van der Waals surface area contributed by atoms with Crippen molar-refractivity contribution in [1.29, 1.82) is 0 Å². The summed E-state index contributed by atoms with van der Waals surface area (Å²) in [5, 5.41) is 10.9. The van der Waals surface area contributed by atoms with Crippen LogP contribution in [-0.2, 0) is 17.8 Å². The highest BCUT2D eigenvalue weighted by Gasteiger charge is 2.32. The normalized spacial score (nSPS) is 13.7. The van der Waals surface area contributed by atoms with Crippen molar-refractivity contribution in [1.82, 2.24) is 25.2 Å². The van der Waals surface area contributed by atoms with Crippen LogP contribution >= 0.6 is 0 Å². The van der Waals surface area contributed by atoms with Crippen LogP contribution < -0.4 is 5.32 Å². The molecule has 1 aliphatic rings. The van der Waals surface area contributed by atoms with E-state index in [2.05, 4.69) is 27.8 Å². The van der Waals surface area contributed by atoms with E-state index in [9.17, 15) is 9.59 Å². The first-order valence-corrected chi connectivity index (χ1v) is 10.2. The summed E-state index contributed by atoms with van der Waals surface area (Å²) in [7, 11) is 0. The van der Waals surface area contributed by atoms with Crippen molar-refractivity contribution in [2.75, 3.05) is 13.1 Å². The zero-order chi connectivity index (χ0) is 20.8. The monoisotopic (exact) mass is 403 g/mol. The zero-order valence-corrected chi connectivity index (χ0v) is 16.8. The van der Waals surface area contributed by atoms with Gasteiger partial charge in [-0.3, -0.25) is 9.59 Å². The Balaban J connectivity index is 1.20. The molecule has 7 nitrogen and oxygen atoms in total. The smallest absolute Gasteiger partial charge is 0.273 e. The fraction of sp³-hybridized carbons (Fsp3) is 0.304. The third-order valence-corrected chi connectivity index (χ3v) is 5.33. The van der Waals surface area contributed by atoms with E-state index in [-0.39, 0.29) is 17.9 Å². The largest absolute Gasteiger partial charge is 0.347 e. The highest BCUT2D eigenvalue weighted by molar-refractivity contribution is 5.91. The van der Waals surface area contributed by atoms with Gasteiger partial charge in [0.05, 0.1) is 12.2 Å². The van der Waals surface area contributed by atoms with Crippen molar-refractivity contribution >= 4 is 11.8 Å². The zero-order valence-electron chi connectivity index (χ0n) is 16.8. The average Bonchev–Trinajstić information content (AvgIpc) is 3.22. The third kappa shape index (κ3) is 4.92. The molecule has 1 fully saturated rings. The lowest BCUT2D eigenvalue weighted by Crippen LogP contribution is -2.50. The van der Waals surface area contributed by atoms with Gasteiger partial charge in [0.1, 0.15) is 0 Å². The Labute approximate surface area is 175 Å². The van der Waals surface area contributed by atoms with Gasteiger partial charge in [-0.25, -0.2) is 4.68 Å². The van der Waals surface area contributed by atoms with Crippen molar-refractivity contribution < 1.29 is 9.59 Å².